The summed E-state index contributed by atoms with van der Waals surface area (Å²) in [5, 5.41) is 3.55. The molecule has 0 fully saturated rings. The van der Waals surface area contributed by atoms with Crippen LogP contribution in [0.25, 0.3) is 11.0 Å². The van der Waals surface area contributed by atoms with Crippen LogP contribution >= 0.6 is 11.6 Å². The van der Waals surface area contributed by atoms with E-state index in [1.807, 2.05) is 55.5 Å². The molecule has 0 saturated heterocycles. The lowest BCUT2D eigenvalue weighted by molar-refractivity contribution is -0.121. The number of benzene rings is 2. The monoisotopic (exact) mass is 357 g/mol. The fourth-order valence-electron chi connectivity index (χ4n) is 2.97. The smallest absolute Gasteiger partial charge is 0.329 e. The van der Waals surface area contributed by atoms with Crippen LogP contribution < -0.4 is 11.0 Å². The van der Waals surface area contributed by atoms with Crippen LogP contribution in [0, 0.1) is 0 Å². The third-order valence-electron chi connectivity index (χ3n) is 4.17. The summed E-state index contributed by atoms with van der Waals surface area (Å²) in [6.45, 7) is 3.01. The van der Waals surface area contributed by atoms with Gasteiger partial charge in [-0.1, -0.05) is 35.9 Å². The fraction of sp³-hybridized carbons (Fsp3) is 0.263. The Morgan fingerprint density at radius 3 is 2.48 bits per heavy atom. The Kier molecular flexibility index (Phi) is 5.24. The lowest BCUT2D eigenvalue weighted by atomic mass is 10.1. The van der Waals surface area contributed by atoms with Crippen LogP contribution in [0.2, 0.25) is 5.02 Å². The van der Waals surface area contributed by atoms with Gasteiger partial charge >= 0.3 is 5.69 Å². The molecule has 3 rings (SSSR count). The highest BCUT2D eigenvalue weighted by Gasteiger charge is 2.14. The highest BCUT2D eigenvalue weighted by Crippen LogP contribution is 2.13. The first-order chi connectivity index (χ1) is 12.1. The van der Waals surface area contributed by atoms with E-state index in [0.717, 1.165) is 16.6 Å². The van der Waals surface area contributed by atoms with Gasteiger partial charge in [-0.25, -0.2) is 4.79 Å². The first kappa shape index (κ1) is 17.3. The maximum Gasteiger partial charge on any atom is 0.329 e. The number of hydrogen-bond donors (Lipinski definition) is 1. The van der Waals surface area contributed by atoms with E-state index >= 15 is 0 Å². The third-order valence-corrected chi connectivity index (χ3v) is 4.40. The van der Waals surface area contributed by atoms with Crippen LogP contribution in [0.4, 0.5) is 0 Å². The van der Waals surface area contributed by atoms with E-state index < -0.39 is 0 Å². The number of hydrogen-bond acceptors (Lipinski definition) is 2. The van der Waals surface area contributed by atoms with E-state index in [0.29, 0.717) is 24.5 Å². The minimum absolute atomic E-state index is 0.0158. The first-order valence-electron chi connectivity index (χ1n) is 8.29. The van der Waals surface area contributed by atoms with Crippen LogP contribution in [0.3, 0.4) is 0 Å². The van der Waals surface area contributed by atoms with E-state index in [4.69, 9.17) is 11.6 Å². The standard InChI is InChI=1S/C19H20ClN3O2/c1-2-22-16-8-3-4-9-17(16)23(19(22)25)13-18(24)21-11-10-14-6-5-7-15(20)12-14/h3-9,12H,2,10-11,13H2,1H3,(H,21,24). The van der Waals surface area contributed by atoms with E-state index in [-0.39, 0.29) is 18.1 Å². The highest BCUT2D eigenvalue weighted by atomic mass is 35.5. The van der Waals surface area contributed by atoms with E-state index in [9.17, 15) is 9.59 Å². The Hall–Kier alpha value is -2.53. The predicted molar refractivity (Wildman–Crippen MR) is 100 cm³/mol. The van der Waals surface area contributed by atoms with Gasteiger partial charge in [0.1, 0.15) is 6.54 Å². The van der Waals surface area contributed by atoms with Crippen LogP contribution in [-0.4, -0.2) is 21.6 Å². The molecule has 25 heavy (non-hydrogen) atoms. The first-order valence-corrected chi connectivity index (χ1v) is 8.67. The molecule has 2 aromatic carbocycles. The van der Waals surface area contributed by atoms with Crippen molar-refractivity contribution < 1.29 is 4.79 Å². The van der Waals surface area contributed by atoms with Crippen LogP contribution in [0.15, 0.2) is 53.3 Å². The lowest BCUT2D eigenvalue weighted by Crippen LogP contribution is -2.34. The SMILES string of the molecule is CCn1c(=O)n(CC(=O)NCCc2cccc(Cl)c2)c2ccccc21. The molecule has 3 aromatic rings. The van der Waals surface area contributed by atoms with Gasteiger partial charge in [0.05, 0.1) is 11.0 Å². The Morgan fingerprint density at radius 2 is 1.80 bits per heavy atom. The van der Waals surface area contributed by atoms with Gasteiger partial charge in [-0.3, -0.25) is 13.9 Å². The molecule has 0 bridgehead atoms. The van der Waals surface area contributed by atoms with Crippen molar-refractivity contribution in [1.29, 1.82) is 0 Å². The minimum atomic E-state index is -0.178. The number of fused-ring (bicyclic) bond motifs is 1. The molecule has 0 atom stereocenters. The molecule has 0 aliphatic heterocycles. The number of nitrogens with zero attached hydrogens (tertiary/aromatic N) is 2. The van der Waals surface area contributed by atoms with Crippen molar-refractivity contribution >= 4 is 28.5 Å². The molecular weight excluding hydrogens is 338 g/mol. The number of aryl methyl sites for hydroxylation is 1. The molecule has 1 amide bonds. The van der Waals surface area contributed by atoms with Crippen molar-refractivity contribution in [2.45, 2.75) is 26.4 Å². The lowest BCUT2D eigenvalue weighted by Gasteiger charge is -2.07. The van der Waals surface area contributed by atoms with Gasteiger partial charge in [0.15, 0.2) is 0 Å². The quantitative estimate of drug-likeness (QED) is 0.737. The Bertz CT molecular complexity index is 959. The molecule has 1 heterocycles. The summed E-state index contributed by atoms with van der Waals surface area (Å²) in [6.07, 6.45) is 0.692. The van der Waals surface area contributed by atoms with Gasteiger partial charge in [0, 0.05) is 18.1 Å². The molecule has 0 aliphatic carbocycles. The summed E-state index contributed by atoms with van der Waals surface area (Å²) >= 11 is 5.95. The van der Waals surface area contributed by atoms with Crippen molar-refractivity contribution in [3.05, 3.63) is 69.6 Å². The van der Waals surface area contributed by atoms with Gasteiger partial charge < -0.3 is 5.32 Å². The molecule has 1 aromatic heterocycles. The van der Waals surface area contributed by atoms with Crippen LogP contribution in [0.5, 0.6) is 0 Å². The Balaban J connectivity index is 1.68. The number of para-hydroxylation sites is 2. The molecule has 130 valence electrons. The highest BCUT2D eigenvalue weighted by molar-refractivity contribution is 6.30. The number of aromatic nitrogens is 2. The summed E-state index contributed by atoms with van der Waals surface area (Å²) in [5.41, 5.74) is 2.53. The average molecular weight is 358 g/mol. The second-order valence-corrected chi connectivity index (χ2v) is 6.27. The molecule has 0 unspecified atom stereocenters. The average Bonchev–Trinajstić information content (AvgIpc) is 2.86. The van der Waals surface area contributed by atoms with Gasteiger partial charge in [-0.2, -0.15) is 0 Å². The fourth-order valence-corrected chi connectivity index (χ4v) is 3.18. The van der Waals surface area contributed by atoms with Crippen molar-refractivity contribution in [3.63, 3.8) is 0 Å². The normalized spacial score (nSPS) is 11.0. The number of rotatable bonds is 6. The van der Waals surface area contributed by atoms with E-state index in [2.05, 4.69) is 5.32 Å². The Labute approximate surface area is 150 Å². The van der Waals surface area contributed by atoms with Crippen molar-refractivity contribution in [1.82, 2.24) is 14.5 Å². The van der Waals surface area contributed by atoms with Gasteiger partial charge in [-0.05, 0) is 43.2 Å². The van der Waals surface area contributed by atoms with Gasteiger partial charge in [0.2, 0.25) is 5.91 Å². The third kappa shape index (κ3) is 3.77. The Morgan fingerprint density at radius 1 is 1.08 bits per heavy atom. The number of nitrogens with one attached hydrogen (secondary N) is 1. The summed E-state index contributed by atoms with van der Waals surface area (Å²) in [4.78, 5) is 24.8. The maximum absolute atomic E-state index is 12.5. The number of amides is 1. The second kappa shape index (κ2) is 7.57. The molecule has 0 spiro atoms. The van der Waals surface area contributed by atoms with Crippen molar-refractivity contribution in [2.75, 3.05) is 6.54 Å². The molecule has 0 radical (unpaired) electrons. The molecule has 5 nitrogen and oxygen atoms in total. The summed E-state index contributed by atoms with van der Waals surface area (Å²) in [7, 11) is 0. The van der Waals surface area contributed by atoms with Crippen LogP contribution in [-0.2, 0) is 24.3 Å². The van der Waals surface area contributed by atoms with Crippen LogP contribution in [0.1, 0.15) is 12.5 Å². The zero-order valence-corrected chi connectivity index (χ0v) is 14.8. The predicted octanol–water partition coefficient (Wildman–Crippen LogP) is 2.84. The van der Waals surface area contributed by atoms with E-state index in [1.54, 1.807) is 4.57 Å². The molecule has 1 N–H and O–H groups in total. The zero-order chi connectivity index (χ0) is 17.8. The number of carbonyl (C=O) groups is 1. The van der Waals surface area contributed by atoms with Crippen molar-refractivity contribution in [3.8, 4) is 0 Å². The second-order valence-electron chi connectivity index (χ2n) is 5.83. The largest absolute Gasteiger partial charge is 0.354 e. The van der Waals surface area contributed by atoms with Gasteiger partial charge in [0.25, 0.3) is 0 Å². The molecule has 0 aliphatic rings. The number of halogens is 1. The summed E-state index contributed by atoms with van der Waals surface area (Å²) in [5.74, 6) is -0.178. The zero-order valence-electron chi connectivity index (χ0n) is 14.0. The minimum Gasteiger partial charge on any atom is -0.354 e. The van der Waals surface area contributed by atoms with E-state index in [1.165, 1.54) is 4.57 Å². The molecular formula is C19H20ClN3O2. The number of imidazole rings is 1. The van der Waals surface area contributed by atoms with Gasteiger partial charge in [-0.15, -0.1) is 0 Å². The number of carbonyl (C=O) groups excluding carboxylic acids is 1. The van der Waals surface area contributed by atoms with Crippen molar-refractivity contribution in [2.24, 2.45) is 0 Å². The summed E-state index contributed by atoms with van der Waals surface area (Å²) in [6, 6.07) is 15.1. The maximum atomic E-state index is 12.5. The molecule has 0 saturated carbocycles. The topological polar surface area (TPSA) is 56.0 Å². The summed E-state index contributed by atoms with van der Waals surface area (Å²) < 4.78 is 3.20. The molecule has 6 heteroatoms.